The molecule has 39 heavy (non-hydrogen) atoms. The molecule has 1 aromatic carbocycles. The first-order valence-electron chi connectivity index (χ1n) is 12.7. The fourth-order valence-electron chi connectivity index (χ4n) is 6.62. The zero-order chi connectivity index (χ0) is 28.3. The largest absolute Gasteiger partial charge is 0.493 e. The van der Waals surface area contributed by atoms with Gasteiger partial charge < -0.3 is 38.8 Å². The lowest BCUT2D eigenvalue weighted by Crippen LogP contribution is -2.74. The molecule has 0 amide bonds. The van der Waals surface area contributed by atoms with Gasteiger partial charge in [0.05, 0.1) is 24.5 Å². The van der Waals surface area contributed by atoms with Crippen molar-refractivity contribution in [3.63, 3.8) is 0 Å². The van der Waals surface area contributed by atoms with E-state index in [2.05, 4.69) is 4.90 Å². The fourth-order valence-corrected chi connectivity index (χ4v) is 6.62. The highest BCUT2D eigenvalue weighted by atomic mass is 16.6. The molecule has 12 heteroatoms. The van der Waals surface area contributed by atoms with Crippen LogP contribution in [-0.2, 0) is 45.2 Å². The normalized spacial score (nSPS) is 29.6. The summed E-state index contributed by atoms with van der Waals surface area (Å²) in [5.74, 6) is -3.16. The minimum absolute atomic E-state index is 0.176. The number of rotatable bonds is 8. The SMILES string of the molecule is COc1ccc2c3c1O[C@H]1C(OC(=O)[C@H](C)OC(=O)[C@H](CC(=O)O)OC(C)=O)=CC[C@@]4(O)[C@@H](C2)N(C)CC[C@]314. The Morgan fingerprint density at radius 3 is 2.62 bits per heavy atom. The van der Waals surface area contributed by atoms with E-state index in [9.17, 15) is 24.3 Å². The molecule has 1 saturated heterocycles. The van der Waals surface area contributed by atoms with Gasteiger partial charge in [-0.05, 0) is 51.1 Å². The van der Waals surface area contributed by atoms with Crippen molar-refractivity contribution in [1.82, 2.24) is 4.90 Å². The number of methoxy groups -OCH3 is 1. The summed E-state index contributed by atoms with van der Waals surface area (Å²) in [6.07, 6.45) is -1.78. The minimum atomic E-state index is -1.71. The molecule has 1 spiro atoms. The van der Waals surface area contributed by atoms with Crippen LogP contribution in [0.15, 0.2) is 24.0 Å². The third-order valence-corrected chi connectivity index (χ3v) is 8.33. The van der Waals surface area contributed by atoms with Crippen molar-refractivity contribution in [1.29, 1.82) is 0 Å². The fraction of sp³-hybridized carbons (Fsp3) is 0.556. The summed E-state index contributed by atoms with van der Waals surface area (Å²) in [4.78, 5) is 50.0. The van der Waals surface area contributed by atoms with Crippen LogP contribution in [0.3, 0.4) is 0 Å². The molecule has 2 aliphatic heterocycles. The molecule has 1 fully saturated rings. The lowest BCUT2D eigenvalue weighted by atomic mass is 9.50. The molecule has 1 aromatic rings. The molecule has 2 heterocycles. The van der Waals surface area contributed by atoms with Crippen LogP contribution in [0.1, 0.15) is 44.2 Å². The first-order chi connectivity index (χ1) is 18.4. The highest BCUT2D eigenvalue weighted by molar-refractivity contribution is 5.86. The summed E-state index contributed by atoms with van der Waals surface area (Å²) >= 11 is 0. The Labute approximate surface area is 224 Å². The third kappa shape index (κ3) is 4.04. The third-order valence-electron chi connectivity index (χ3n) is 8.33. The minimum Gasteiger partial charge on any atom is -0.493 e. The molecule has 210 valence electrons. The molecule has 0 aromatic heterocycles. The number of ether oxygens (including phenoxy) is 5. The van der Waals surface area contributed by atoms with Gasteiger partial charge in [0.15, 0.2) is 23.7 Å². The number of likely N-dealkylation sites (tertiary alicyclic amines) is 1. The van der Waals surface area contributed by atoms with Crippen LogP contribution >= 0.6 is 0 Å². The van der Waals surface area contributed by atoms with Crippen LogP contribution in [0.2, 0.25) is 0 Å². The van der Waals surface area contributed by atoms with E-state index >= 15 is 0 Å². The van der Waals surface area contributed by atoms with Gasteiger partial charge in [0.2, 0.25) is 6.10 Å². The molecule has 0 unspecified atom stereocenters. The molecule has 2 aliphatic carbocycles. The van der Waals surface area contributed by atoms with E-state index in [-0.39, 0.29) is 18.2 Å². The smallest absolute Gasteiger partial charge is 0.352 e. The van der Waals surface area contributed by atoms with Gasteiger partial charge in [-0.2, -0.15) is 0 Å². The molecule has 0 saturated carbocycles. The van der Waals surface area contributed by atoms with Crippen LogP contribution in [0.5, 0.6) is 11.5 Å². The van der Waals surface area contributed by atoms with Gasteiger partial charge in [-0.3, -0.25) is 9.59 Å². The number of benzene rings is 1. The van der Waals surface area contributed by atoms with E-state index in [0.29, 0.717) is 30.9 Å². The highest BCUT2D eigenvalue weighted by Crippen LogP contribution is 2.65. The predicted octanol–water partition coefficient (Wildman–Crippen LogP) is 0.854. The molecular weight excluding hydrogens is 514 g/mol. The van der Waals surface area contributed by atoms with Crippen molar-refractivity contribution >= 4 is 23.9 Å². The van der Waals surface area contributed by atoms with E-state index in [4.69, 9.17) is 28.8 Å². The van der Waals surface area contributed by atoms with Crippen molar-refractivity contribution in [2.24, 2.45) is 0 Å². The van der Waals surface area contributed by atoms with Crippen molar-refractivity contribution in [2.45, 2.75) is 74.9 Å². The second-order valence-corrected chi connectivity index (χ2v) is 10.5. The standard InChI is InChI=1S/C27H31NO11/c1-13(36-25(33)18(12-20(30)31)37-14(2)29)24(32)38-17-7-8-27(34)19-11-15-5-6-16(35-4)22-21(15)26(27,23(17)39-22)9-10-28(19)3/h5-7,13,18-19,23,34H,8-12H2,1-4H3,(H,30,31)/t13-,18-,19+,23-,26-,27+/m0/s1. The van der Waals surface area contributed by atoms with Crippen LogP contribution in [0, 0.1) is 0 Å². The van der Waals surface area contributed by atoms with Crippen molar-refractivity contribution in [3.8, 4) is 11.5 Å². The number of nitrogens with zero attached hydrogens (tertiary/aromatic N) is 1. The molecule has 12 nitrogen and oxygen atoms in total. The van der Waals surface area contributed by atoms with Crippen LogP contribution in [-0.4, -0.2) is 89.6 Å². The zero-order valence-corrected chi connectivity index (χ0v) is 22.1. The van der Waals surface area contributed by atoms with E-state index < -0.39 is 59.6 Å². The quantitative estimate of drug-likeness (QED) is 0.351. The maximum atomic E-state index is 13.0. The molecule has 4 aliphatic rings. The summed E-state index contributed by atoms with van der Waals surface area (Å²) in [7, 11) is 3.52. The number of aliphatic hydroxyl groups is 1. The number of hydrogen-bond acceptors (Lipinski definition) is 11. The van der Waals surface area contributed by atoms with Gasteiger partial charge in [0.1, 0.15) is 5.76 Å². The average molecular weight is 546 g/mol. The molecule has 0 radical (unpaired) electrons. The number of esters is 3. The molecule has 6 atom stereocenters. The Morgan fingerprint density at radius 1 is 1.21 bits per heavy atom. The number of carboxylic acid groups (broad SMARTS) is 1. The van der Waals surface area contributed by atoms with Gasteiger partial charge in [-0.1, -0.05) is 6.07 Å². The van der Waals surface area contributed by atoms with Crippen molar-refractivity contribution < 1.29 is 53.1 Å². The average Bonchev–Trinajstić information content (AvgIpc) is 3.22. The number of carbonyl (C=O) groups is 4. The van der Waals surface area contributed by atoms with Gasteiger partial charge in [-0.25, -0.2) is 9.59 Å². The molecule has 2 N–H and O–H groups in total. The maximum Gasteiger partial charge on any atom is 0.352 e. The highest BCUT2D eigenvalue weighted by Gasteiger charge is 2.72. The second kappa shape index (κ2) is 9.53. The summed E-state index contributed by atoms with van der Waals surface area (Å²) in [5.41, 5.74) is -0.150. The van der Waals surface area contributed by atoms with Gasteiger partial charge >= 0.3 is 23.9 Å². The maximum absolute atomic E-state index is 13.0. The van der Waals surface area contributed by atoms with E-state index in [1.54, 1.807) is 6.08 Å². The van der Waals surface area contributed by atoms with E-state index in [1.807, 2.05) is 19.2 Å². The summed E-state index contributed by atoms with van der Waals surface area (Å²) in [6.45, 7) is 2.98. The van der Waals surface area contributed by atoms with Crippen molar-refractivity contribution in [3.05, 3.63) is 35.1 Å². The molecule has 5 rings (SSSR count). The summed E-state index contributed by atoms with van der Waals surface area (Å²) < 4.78 is 27.5. The van der Waals surface area contributed by atoms with Crippen LogP contribution < -0.4 is 9.47 Å². The van der Waals surface area contributed by atoms with Gasteiger partial charge in [-0.15, -0.1) is 0 Å². The summed E-state index contributed by atoms with van der Waals surface area (Å²) in [6, 6.07) is 3.64. The lowest BCUT2D eigenvalue weighted by molar-refractivity contribution is -0.181. The Hall–Kier alpha value is -3.64. The number of carboxylic acids is 1. The Morgan fingerprint density at radius 2 is 1.95 bits per heavy atom. The van der Waals surface area contributed by atoms with Crippen LogP contribution in [0.4, 0.5) is 0 Å². The second-order valence-electron chi connectivity index (χ2n) is 10.5. The van der Waals surface area contributed by atoms with Crippen LogP contribution in [0.25, 0.3) is 0 Å². The lowest BCUT2D eigenvalue weighted by Gasteiger charge is -2.61. The topological polar surface area (TPSA) is 158 Å². The number of likely N-dealkylation sites (N-methyl/N-ethyl adjacent to an activating group) is 1. The Balaban J connectivity index is 1.41. The predicted molar refractivity (Wildman–Crippen MR) is 131 cm³/mol. The van der Waals surface area contributed by atoms with Gasteiger partial charge in [0.25, 0.3) is 0 Å². The first kappa shape index (κ1) is 26.9. The Kier molecular flexibility index (Phi) is 6.58. The van der Waals surface area contributed by atoms with Crippen molar-refractivity contribution in [2.75, 3.05) is 20.7 Å². The number of aliphatic carboxylic acids is 1. The Bertz CT molecular complexity index is 1260. The molecule has 2 bridgehead atoms. The number of carbonyl (C=O) groups excluding carboxylic acids is 3. The first-order valence-corrected chi connectivity index (χ1v) is 12.7. The zero-order valence-electron chi connectivity index (χ0n) is 22.1. The van der Waals surface area contributed by atoms with E-state index in [0.717, 1.165) is 18.1 Å². The number of hydrogen-bond donors (Lipinski definition) is 2. The number of piperidine rings is 1. The monoisotopic (exact) mass is 545 g/mol. The summed E-state index contributed by atoms with van der Waals surface area (Å²) in [5, 5.41) is 21.2. The molecular formula is C27H31NO11. The van der Waals surface area contributed by atoms with Gasteiger partial charge in [0, 0.05) is 24.9 Å². The van der Waals surface area contributed by atoms with E-state index in [1.165, 1.54) is 14.0 Å².